The van der Waals surface area contributed by atoms with Crippen molar-refractivity contribution in [1.82, 2.24) is 0 Å². The Hall–Kier alpha value is -2.66. The first-order valence-electron chi connectivity index (χ1n) is 24.5. The average molecular weight is 809 g/mol. The highest BCUT2D eigenvalue weighted by molar-refractivity contribution is 5.70. The fourth-order valence-corrected chi connectivity index (χ4v) is 6.66. The minimum atomic E-state index is -0.549. The number of esters is 2. The van der Waals surface area contributed by atoms with Gasteiger partial charge in [0.25, 0.3) is 0 Å². The minimum absolute atomic E-state index is 0.0703. The Morgan fingerprint density at radius 2 is 0.776 bits per heavy atom. The van der Waals surface area contributed by atoms with Crippen LogP contribution in [0.2, 0.25) is 0 Å². The van der Waals surface area contributed by atoms with Gasteiger partial charge in [-0.2, -0.15) is 0 Å². The Balaban J connectivity index is 4.29. The van der Waals surface area contributed by atoms with Gasteiger partial charge in [-0.15, -0.1) is 0 Å². The highest BCUT2D eigenvalue weighted by Crippen LogP contribution is 2.14. The van der Waals surface area contributed by atoms with Crippen LogP contribution in [-0.2, 0) is 23.8 Å². The van der Waals surface area contributed by atoms with E-state index in [1.807, 2.05) is 0 Å². The summed E-state index contributed by atoms with van der Waals surface area (Å²) in [4.78, 5) is 25.3. The number of allylic oxidation sites excluding steroid dienone is 12. The number of carbonyl (C=O) groups is 2. The van der Waals surface area contributed by atoms with E-state index < -0.39 is 6.10 Å². The van der Waals surface area contributed by atoms with Gasteiger partial charge in [0.15, 0.2) is 6.10 Å². The van der Waals surface area contributed by atoms with E-state index >= 15 is 0 Å². The van der Waals surface area contributed by atoms with Gasteiger partial charge in [0.2, 0.25) is 0 Å². The third kappa shape index (κ3) is 46.0. The molecule has 334 valence electrons. The molecule has 0 bridgehead atoms. The molecule has 0 saturated heterocycles. The van der Waals surface area contributed by atoms with Gasteiger partial charge >= 0.3 is 11.9 Å². The van der Waals surface area contributed by atoms with E-state index in [2.05, 4.69) is 93.7 Å². The summed E-state index contributed by atoms with van der Waals surface area (Å²) in [5.41, 5.74) is 0. The first-order valence-corrected chi connectivity index (χ1v) is 24.5. The molecule has 0 aromatic carbocycles. The second-order valence-electron chi connectivity index (χ2n) is 16.0. The van der Waals surface area contributed by atoms with Crippen LogP contribution in [0.5, 0.6) is 0 Å². The van der Waals surface area contributed by atoms with Crippen LogP contribution in [-0.4, -0.2) is 37.9 Å². The predicted molar refractivity (Wildman–Crippen MR) is 251 cm³/mol. The third-order valence-corrected chi connectivity index (χ3v) is 10.2. The molecule has 0 aromatic rings. The largest absolute Gasteiger partial charge is 0.462 e. The molecule has 58 heavy (non-hydrogen) atoms. The normalized spacial score (nSPS) is 12.8. The summed E-state index contributed by atoms with van der Waals surface area (Å²) in [6.07, 6.45) is 61.9. The van der Waals surface area contributed by atoms with Crippen molar-refractivity contribution in [3.8, 4) is 0 Å². The summed E-state index contributed by atoms with van der Waals surface area (Å²) in [5, 5.41) is 0. The van der Waals surface area contributed by atoms with Crippen LogP contribution in [0.3, 0.4) is 0 Å². The van der Waals surface area contributed by atoms with Crippen molar-refractivity contribution in [2.24, 2.45) is 0 Å². The summed E-state index contributed by atoms with van der Waals surface area (Å²) in [7, 11) is 0. The van der Waals surface area contributed by atoms with Gasteiger partial charge in [-0.25, -0.2) is 0 Å². The molecule has 1 unspecified atom stereocenters. The molecule has 0 aromatic heterocycles. The van der Waals surface area contributed by atoms with Crippen LogP contribution < -0.4 is 0 Å². The lowest BCUT2D eigenvalue weighted by Gasteiger charge is -2.18. The van der Waals surface area contributed by atoms with Crippen LogP contribution in [0.1, 0.15) is 226 Å². The van der Waals surface area contributed by atoms with Crippen molar-refractivity contribution in [2.45, 2.75) is 232 Å². The monoisotopic (exact) mass is 809 g/mol. The molecule has 0 aliphatic heterocycles. The molecule has 0 N–H and O–H groups in total. The van der Waals surface area contributed by atoms with E-state index in [9.17, 15) is 9.59 Å². The number of rotatable bonds is 44. The summed E-state index contributed by atoms with van der Waals surface area (Å²) in [5.74, 6) is -0.423. The van der Waals surface area contributed by atoms with Crippen LogP contribution in [0.25, 0.3) is 0 Å². The molecule has 0 aliphatic rings. The van der Waals surface area contributed by atoms with Crippen LogP contribution in [0, 0.1) is 0 Å². The zero-order valence-electron chi connectivity index (χ0n) is 38.3. The second kappa shape index (κ2) is 48.7. The van der Waals surface area contributed by atoms with Gasteiger partial charge in [0, 0.05) is 19.4 Å². The van der Waals surface area contributed by atoms with Gasteiger partial charge in [0.05, 0.1) is 6.61 Å². The van der Waals surface area contributed by atoms with E-state index in [-0.39, 0.29) is 25.2 Å². The Morgan fingerprint density at radius 1 is 0.397 bits per heavy atom. The third-order valence-electron chi connectivity index (χ3n) is 10.2. The lowest BCUT2D eigenvalue weighted by Crippen LogP contribution is -2.30. The van der Waals surface area contributed by atoms with Crippen molar-refractivity contribution in [3.05, 3.63) is 72.9 Å². The van der Waals surface area contributed by atoms with Gasteiger partial charge < -0.3 is 14.2 Å². The van der Waals surface area contributed by atoms with Crippen LogP contribution >= 0.6 is 0 Å². The molecule has 0 rings (SSSR count). The highest BCUT2D eigenvalue weighted by Gasteiger charge is 2.17. The second-order valence-corrected chi connectivity index (χ2v) is 16.0. The zero-order valence-corrected chi connectivity index (χ0v) is 38.3. The Morgan fingerprint density at radius 3 is 1.24 bits per heavy atom. The molecule has 1 atom stereocenters. The van der Waals surface area contributed by atoms with Crippen molar-refractivity contribution >= 4 is 11.9 Å². The molecule has 0 saturated carbocycles. The number of carbonyl (C=O) groups excluding carboxylic acids is 2. The fourth-order valence-electron chi connectivity index (χ4n) is 6.66. The van der Waals surface area contributed by atoms with Gasteiger partial charge in [-0.05, 0) is 83.5 Å². The maximum absolute atomic E-state index is 12.7. The van der Waals surface area contributed by atoms with E-state index in [4.69, 9.17) is 14.2 Å². The highest BCUT2D eigenvalue weighted by atomic mass is 16.6. The van der Waals surface area contributed by atoms with E-state index in [0.29, 0.717) is 19.4 Å². The number of unbranched alkanes of at least 4 members (excludes halogenated alkanes) is 21. The molecule has 0 spiro atoms. The summed E-state index contributed by atoms with van der Waals surface area (Å²) in [6, 6.07) is 0. The predicted octanol–water partition coefficient (Wildman–Crippen LogP) is 16.3. The fraction of sp³-hybridized carbons (Fsp3) is 0.736. The quantitative estimate of drug-likeness (QED) is 0.0348. The maximum atomic E-state index is 12.7. The molecular weight excluding hydrogens is 717 g/mol. The molecule has 0 aliphatic carbocycles. The molecule has 5 nitrogen and oxygen atoms in total. The molecular formula is C53H92O5. The number of ether oxygens (including phenoxy) is 3. The Labute approximate surface area is 359 Å². The SMILES string of the molecule is CC/C=C\C/C=C\C/C=C\CCCCCCCCOCC(COC(=O)CCCCCCC/C=C\C/C=C\C/C=C\CC)OC(=O)CCCCCCCCCCCCC. The summed E-state index contributed by atoms with van der Waals surface area (Å²) >= 11 is 0. The van der Waals surface area contributed by atoms with Crippen LogP contribution in [0.15, 0.2) is 72.9 Å². The lowest BCUT2D eigenvalue weighted by atomic mass is 10.1. The van der Waals surface area contributed by atoms with Gasteiger partial charge in [-0.3, -0.25) is 9.59 Å². The van der Waals surface area contributed by atoms with Crippen molar-refractivity contribution in [1.29, 1.82) is 0 Å². The number of hydrogen-bond acceptors (Lipinski definition) is 5. The molecule has 0 amide bonds. The first-order chi connectivity index (χ1) is 28.6. The van der Waals surface area contributed by atoms with E-state index in [1.54, 1.807) is 0 Å². The molecule has 0 fully saturated rings. The van der Waals surface area contributed by atoms with Crippen LogP contribution in [0.4, 0.5) is 0 Å². The van der Waals surface area contributed by atoms with Crippen molar-refractivity contribution in [3.63, 3.8) is 0 Å². The Bertz CT molecular complexity index is 1050. The number of hydrogen-bond donors (Lipinski definition) is 0. The zero-order chi connectivity index (χ0) is 42.1. The maximum Gasteiger partial charge on any atom is 0.306 e. The van der Waals surface area contributed by atoms with Gasteiger partial charge in [-0.1, -0.05) is 203 Å². The topological polar surface area (TPSA) is 61.8 Å². The first kappa shape index (κ1) is 55.3. The Kier molecular flexibility index (Phi) is 46.5. The van der Waals surface area contributed by atoms with E-state index in [0.717, 1.165) is 96.3 Å². The van der Waals surface area contributed by atoms with E-state index in [1.165, 1.54) is 96.3 Å². The summed E-state index contributed by atoms with van der Waals surface area (Å²) in [6.45, 7) is 7.56. The molecule has 0 heterocycles. The molecule has 5 heteroatoms. The van der Waals surface area contributed by atoms with Crippen molar-refractivity contribution in [2.75, 3.05) is 19.8 Å². The lowest BCUT2D eigenvalue weighted by molar-refractivity contribution is -0.163. The van der Waals surface area contributed by atoms with Gasteiger partial charge in [0.1, 0.15) is 6.61 Å². The minimum Gasteiger partial charge on any atom is -0.462 e. The smallest absolute Gasteiger partial charge is 0.306 e. The summed E-state index contributed by atoms with van der Waals surface area (Å²) < 4.78 is 17.3. The molecule has 0 radical (unpaired) electrons. The average Bonchev–Trinajstić information content (AvgIpc) is 3.22. The standard InChI is InChI=1S/C53H92O5/c1-4-7-10-13-16-19-22-24-26-28-30-33-36-39-42-45-48-56-49-51(58-53(55)47-44-41-38-35-31-21-18-15-12-9-6-3)50-57-52(54)46-43-40-37-34-32-29-27-25-23-20-17-14-11-8-5-2/h7-8,10-11,16-17,19-20,24-27,51H,4-6,9,12-15,18,21-23,28-50H2,1-3H3/b10-7-,11-8-,19-16-,20-17-,26-24-,27-25-. The van der Waals surface area contributed by atoms with Crippen molar-refractivity contribution < 1.29 is 23.8 Å².